The standard InChI is InChI=1S/C29H34F2O3/c1-29(31,28(32)34-3)27(22-13-14-22)23-6-4-5-20(17-23)8-7-19-9-11-21(12-10-19)25-18-24(33-2)15-16-26(25)30/h4-8,15-19,21-22,27H,9-14H2,1-3H3/b8-7+/t19-,21-,27?,29?. The van der Waals surface area contributed by atoms with Crippen molar-refractivity contribution in [2.75, 3.05) is 14.2 Å². The van der Waals surface area contributed by atoms with Crippen LogP contribution in [0.1, 0.15) is 74.0 Å². The molecule has 2 aliphatic rings. The molecule has 0 saturated heterocycles. The van der Waals surface area contributed by atoms with Crippen LogP contribution in [0.4, 0.5) is 8.78 Å². The fourth-order valence-corrected chi connectivity index (χ4v) is 5.47. The number of esters is 1. The van der Waals surface area contributed by atoms with E-state index < -0.39 is 17.6 Å². The number of rotatable bonds is 8. The van der Waals surface area contributed by atoms with Gasteiger partial charge in [-0.2, -0.15) is 0 Å². The van der Waals surface area contributed by atoms with Crippen LogP contribution >= 0.6 is 0 Å². The van der Waals surface area contributed by atoms with Crippen LogP contribution in [0, 0.1) is 17.7 Å². The monoisotopic (exact) mass is 468 g/mol. The van der Waals surface area contributed by atoms with Gasteiger partial charge in [0.25, 0.3) is 0 Å². The maximum Gasteiger partial charge on any atom is 0.343 e. The minimum absolute atomic E-state index is 0.159. The number of carbonyl (C=O) groups is 1. The van der Waals surface area contributed by atoms with Gasteiger partial charge in [0, 0.05) is 5.92 Å². The molecule has 2 aromatic rings. The van der Waals surface area contributed by atoms with Crippen molar-refractivity contribution in [1.29, 1.82) is 0 Å². The van der Waals surface area contributed by atoms with Crippen molar-refractivity contribution >= 4 is 12.0 Å². The molecule has 2 aliphatic carbocycles. The zero-order valence-corrected chi connectivity index (χ0v) is 20.2. The van der Waals surface area contributed by atoms with Gasteiger partial charge in [-0.25, -0.2) is 13.6 Å². The van der Waals surface area contributed by atoms with Crippen molar-refractivity contribution < 1.29 is 23.0 Å². The first-order valence-corrected chi connectivity index (χ1v) is 12.2. The highest BCUT2D eigenvalue weighted by atomic mass is 19.1. The minimum Gasteiger partial charge on any atom is -0.497 e. The van der Waals surface area contributed by atoms with E-state index in [4.69, 9.17) is 9.47 Å². The molecule has 0 heterocycles. The number of carbonyl (C=O) groups excluding carboxylic acids is 1. The summed E-state index contributed by atoms with van der Waals surface area (Å²) in [6.07, 6.45) is 10.0. The van der Waals surface area contributed by atoms with Crippen molar-refractivity contribution in [2.24, 2.45) is 11.8 Å². The van der Waals surface area contributed by atoms with Crippen molar-refractivity contribution in [2.45, 2.75) is 63.0 Å². The van der Waals surface area contributed by atoms with Gasteiger partial charge >= 0.3 is 5.97 Å². The quantitative estimate of drug-likeness (QED) is 0.384. The van der Waals surface area contributed by atoms with Gasteiger partial charge in [-0.05, 0) is 98.1 Å². The number of benzene rings is 2. The maximum absolute atomic E-state index is 15.5. The summed E-state index contributed by atoms with van der Waals surface area (Å²) < 4.78 is 39.8. The van der Waals surface area contributed by atoms with E-state index in [-0.39, 0.29) is 17.7 Å². The molecule has 5 heteroatoms. The summed E-state index contributed by atoms with van der Waals surface area (Å²) in [5, 5.41) is 0. The van der Waals surface area contributed by atoms with E-state index in [1.165, 1.54) is 20.1 Å². The van der Waals surface area contributed by atoms with Gasteiger partial charge in [0.05, 0.1) is 14.2 Å². The Labute approximate surface area is 201 Å². The van der Waals surface area contributed by atoms with Crippen LogP contribution in [0.2, 0.25) is 0 Å². The largest absolute Gasteiger partial charge is 0.497 e. The predicted molar refractivity (Wildman–Crippen MR) is 130 cm³/mol. The Hall–Kier alpha value is -2.69. The number of alkyl halides is 1. The van der Waals surface area contributed by atoms with Crippen LogP contribution < -0.4 is 4.74 Å². The zero-order chi connectivity index (χ0) is 24.3. The zero-order valence-electron chi connectivity index (χ0n) is 20.2. The molecule has 0 aliphatic heterocycles. The first kappa shape index (κ1) is 24.4. The predicted octanol–water partition coefficient (Wildman–Crippen LogP) is 7.22. The van der Waals surface area contributed by atoms with Crippen LogP contribution in [-0.2, 0) is 9.53 Å². The Bertz CT molecular complexity index is 1030. The Kier molecular flexibility index (Phi) is 7.39. The Balaban J connectivity index is 1.42. The normalized spacial score (nSPS) is 23.3. The molecule has 0 aromatic heterocycles. The second-order valence-electron chi connectivity index (χ2n) is 9.91. The molecule has 0 amide bonds. The van der Waals surface area contributed by atoms with Crippen LogP contribution in [-0.4, -0.2) is 25.9 Å². The average molecular weight is 469 g/mol. The van der Waals surface area contributed by atoms with Gasteiger partial charge in [-0.1, -0.05) is 36.4 Å². The third-order valence-corrected chi connectivity index (χ3v) is 7.51. The van der Waals surface area contributed by atoms with Crippen LogP contribution in [0.3, 0.4) is 0 Å². The first-order chi connectivity index (χ1) is 16.3. The van der Waals surface area contributed by atoms with E-state index in [1.54, 1.807) is 13.2 Å². The van der Waals surface area contributed by atoms with E-state index in [1.807, 2.05) is 30.3 Å². The highest BCUT2D eigenvalue weighted by Crippen LogP contribution is 2.50. The van der Waals surface area contributed by atoms with Crippen LogP contribution in [0.15, 0.2) is 48.5 Å². The molecule has 0 N–H and O–H groups in total. The van der Waals surface area contributed by atoms with Gasteiger partial charge in [0.1, 0.15) is 11.6 Å². The van der Waals surface area contributed by atoms with Crippen molar-refractivity contribution in [3.8, 4) is 5.75 Å². The second kappa shape index (κ2) is 10.3. The van der Waals surface area contributed by atoms with Gasteiger partial charge in [-0.3, -0.25) is 0 Å². The summed E-state index contributed by atoms with van der Waals surface area (Å²) in [5.74, 6) is 0.0296. The number of hydrogen-bond donors (Lipinski definition) is 0. The second-order valence-corrected chi connectivity index (χ2v) is 9.91. The fraction of sp³-hybridized carbons (Fsp3) is 0.483. The average Bonchev–Trinajstić information content (AvgIpc) is 3.68. The van der Waals surface area contributed by atoms with E-state index in [0.29, 0.717) is 11.7 Å². The van der Waals surface area contributed by atoms with Crippen molar-refractivity contribution in [3.63, 3.8) is 0 Å². The summed E-state index contributed by atoms with van der Waals surface area (Å²) in [6, 6.07) is 12.8. The van der Waals surface area contributed by atoms with Gasteiger partial charge in [0.15, 0.2) is 0 Å². The summed E-state index contributed by atoms with van der Waals surface area (Å²) in [6.45, 7) is 1.34. The van der Waals surface area contributed by atoms with Crippen molar-refractivity contribution in [1.82, 2.24) is 0 Å². The molecule has 2 fully saturated rings. The highest BCUT2D eigenvalue weighted by Gasteiger charge is 2.50. The van der Waals surface area contributed by atoms with E-state index in [2.05, 4.69) is 12.2 Å². The molecular weight excluding hydrogens is 434 g/mol. The molecule has 3 nitrogen and oxygen atoms in total. The molecule has 2 unspecified atom stereocenters. The van der Waals surface area contributed by atoms with Crippen LogP contribution in [0.25, 0.3) is 6.08 Å². The van der Waals surface area contributed by atoms with E-state index >= 15 is 4.39 Å². The summed E-state index contributed by atoms with van der Waals surface area (Å²) in [7, 11) is 2.84. The molecule has 34 heavy (non-hydrogen) atoms. The molecule has 0 spiro atoms. The SMILES string of the molecule is COC(=O)C(C)(F)C(c1cccc(/C=C/[C@H]2CC[C@H](c3cc(OC)ccc3F)CC2)c1)C1CC1. The number of methoxy groups -OCH3 is 2. The molecule has 4 rings (SSSR count). The summed E-state index contributed by atoms with van der Waals surface area (Å²) in [4.78, 5) is 12.1. The third kappa shape index (κ3) is 5.34. The number of hydrogen-bond acceptors (Lipinski definition) is 3. The van der Waals surface area contributed by atoms with Gasteiger partial charge in [-0.15, -0.1) is 0 Å². The molecule has 2 atom stereocenters. The first-order valence-electron chi connectivity index (χ1n) is 12.2. The molecule has 0 radical (unpaired) electrons. The highest BCUT2D eigenvalue weighted by molar-refractivity contribution is 5.80. The van der Waals surface area contributed by atoms with Crippen molar-refractivity contribution in [3.05, 3.63) is 71.0 Å². The molecule has 182 valence electrons. The molecule has 2 saturated carbocycles. The smallest absolute Gasteiger partial charge is 0.343 e. The lowest BCUT2D eigenvalue weighted by atomic mass is 9.78. The molecule has 0 bridgehead atoms. The third-order valence-electron chi connectivity index (χ3n) is 7.51. The van der Waals surface area contributed by atoms with Gasteiger partial charge in [0.2, 0.25) is 5.67 Å². The fourth-order valence-electron chi connectivity index (χ4n) is 5.47. The summed E-state index contributed by atoms with van der Waals surface area (Å²) in [5.41, 5.74) is 0.550. The lowest BCUT2D eigenvalue weighted by Gasteiger charge is -2.29. The minimum atomic E-state index is -2.05. The van der Waals surface area contributed by atoms with Gasteiger partial charge < -0.3 is 9.47 Å². The number of ether oxygens (including phenoxy) is 2. The number of halogens is 2. The summed E-state index contributed by atoms with van der Waals surface area (Å²) >= 11 is 0. The lowest BCUT2D eigenvalue weighted by Crippen LogP contribution is -2.39. The maximum atomic E-state index is 15.5. The lowest BCUT2D eigenvalue weighted by molar-refractivity contribution is -0.155. The Morgan fingerprint density at radius 3 is 2.44 bits per heavy atom. The number of allylic oxidation sites excluding steroid dienone is 1. The van der Waals surface area contributed by atoms with E-state index in [9.17, 15) is 9.18 Å². The van der Waals surface area contributed by atoms with Crippen LogP contribution in [0.5, 0.6) is 5.75 Å². The molecular formula is C29H34F2O3. The topological polar surface area (TPSA) is 35.5 Å². The molecule has 2 aromatic carbocycles. The Morgan fingerprint density at radius 1 is 1.06 bits per heavy atom. The van der Waals surface area contributed by atoms with E-state index in [0.717, 1.165) is 55.2 Å². The Morgan fingerprint density at radius 2 is 1.79 bits per heavy atom.